The van der Waals surface area contributed by atoms with Crippen molar-refractivity contribution in [2.75, 3.05) is 11.9 Å². The number of rotatable bonds is 6. The highest BCUT2D eigenvalue weighted by Crippen LogP contribution is 2.55. The molecular formula is C57H53N5. The molecule has 0 radical (unpaired) electrons. The Morgan fingerprint density at radius 3 is 2.10 bits per heavy atom. The summed E-state index contributed by atoms with van der Waals surface area (Å²) in [5, 5.41) is 5.12. The number of benzene rings is 6. The number of hydrogen-bond acceptors (Lipinski definition) is 4. The summed E-state index contributed by atoms with van der Waals surface area (Å²) < 4.78 is 2.54. The number of aromatic nitrogens is 1. The Hall–Kier alpha value is -6.69. The topological polar surface area (TPSA) is 35.8 Å². The van der Waals surface area contributed by atoms with Crippen molar-refractivity contribution in [3.63, 3.8) is 0 Å². The predicted octanol–water partition coefficient (Wildman–Crippen LogP) is 13.3. The lowest BCUT2D eigenvalue weighted by Crippen LogP contribution is -2.58. The van der Waals surface area contributed by atoms with E-state index in [0.717, 1.165) is 29.8 Å². The number of nitrogens with one attached hydrogen (secondary N) is 1. The van der Waals surface area contributed by atoms with Crippen LogP contribution in [-0.4, -0.2) is 27.9 Å². The lowest BCUT2D eigenvalue weighted by Gasteiger charge is -2.47. The standard InChI is InChI=1S/C57H53N5/c1-38-34-48-47-35-41(42-32-33-56(4)49(36-42)46-24-16-17-25-51(46)62(56)45-22-14-9-15-23-45)28-31-50(47)61(52(48)55(2,3)37-38)44-29-26-40(27-30-44)54-58-53(39-18-10-7-11-19-39)59-57(5,60(54)6)43-20-12-8-13-21-43/h7-32,34-36,54H,33,37H2,1-6H3,(H,58,59). The molecule has 6 aromatic carbocycles. The van der Waals surface area contributed by atoms with Crippen molar-refractivity contribution in [1.29, 1.82) is 0 Å². The van der Waals surface area contributed by atoms with E-state index in [-0.39, 0.29) is 17.1 Å². The van der Waals surface area contributed by atoms with E-state index in [2.05, 4.69) is 237 Å². The second kappa shape index (κ2) is 14.2. The van der Waals surface area contributed by atoms with Crippen LogP contribution in [0.15, 0.2) is 180 Å². The van der Waals surface area contributed by atoms with E-state index in [1.807, 2.05) is 0 Å². The largest absolute Gasteiger partial charge is 0.348 e. The van der Waals surface area contributed by atoms with Gasteiger partial charge in [0.25, 0.3) is 0 Å². The van der Waals surface area contributed by atoms with E-state index in [4.69, 9.17) is 4.99 Å². The number of para-hydroxylation sites is 2. The maximum atomic E-state index is 5.38. The molecule has 3 atom stereocenters. The van der Waals surface area contributed by atoms with Gasteiger partial charge in [0, 0.05) is 50.2 Å². The van der Waals surface area contributed by atoms with E-state index in [0.29, 0.717) is 0 Å². The first-order chi connectivity index (χ1) is 30.0. The highest BCUT2D eigenvalue weighted by molar-refractivity contribution is 6.03. The first-order valence-corrected chi connectivity index (χ1v) is 22.1. The molecule has 0 saturated carbocycles. The zero-order chi connectivity index (χ0) is 42.4. The fraction of sp³-hybridized carbons (Fsp3) is 0.211. The van der Waals surface area contributed by atoms with Gasteiger partial charge in [-0.25, -0.2) is 4.99 Å². The zero-order valence-corrected chi connectivity index (χ0v) is 36.5. The molecule has 2 aliphatic carbocycles. The van der Waals surface area contributed by atoms with Crippen LogP contribution in [0.25, 0.3) is 33.8 Å². The minimum Gasteiger partial charge on any atom is -0.348 e. The number of anilines is 2. The molecule has 4 aliphatic rings. The minimum absolute atomic E-state index is 0.0595. The normalized spacial score (nSPS) is 22.7. The van der Waals surface area contributed by atoms with Crippen molar-refractivity contribution in [3.8, 4) is 5.69 Å². The molecule has 0 bridgehead atoms. The molecule has 1 aromatic heterocycles. The average molecular weight is 808 g/mol. The molecule has 3 unspecified atom stereocenters. The third-order valence-electron chi connectivity index (χ3n) is 14.2. The van der Waals surface area contributed by atoms with Crippen molar-refractivity contribution < 1.29 is 0 Å². The first-order valence-electron chi connectivity index (χ1n) is 22.1. The maximum Gasteiger partial charge on any atom is 0.132 e. The van der Waals surface area contributed by atoms with E-state index in [1.54, 1.807) is 0 Å². The number of fused-ring (bicyclic) bond motifs is 6. The summed E-state index contributed by atoms with van der Waals surface area (Å²) in [6.45, 7) is 11.8. The van der Waals surface area contributed by atoms with Crippen LogP contribution in [0.5, 0.6) is 0 Å². The summed E-state index contributed by atoms with van der Waals surface area (Å²) in [7, 11) is 2.18. The average Bonchev–Trinajstić information content (AvgIpc) is 3.77. The summed E-state index contributed by atoms with van der Waals surface area (Å²) >= 11 is 0. The third-order valence-corrected chi connectivity index (χ3v) is 14.2. The smallest absolute Gasteiger partial charge is 0.132 e. The Bertz CT molecular complexity index is 3010. The summed E-state index contributed by atoms with van der Waals surface area (Å²) in [6.07, 6.45) is 9.11. The van der Waals surface area contributed by atoms with Crippen LogP contribution in [0, 0.1) is 0 Å². The van der Waals surface area contributed by atoms with Crippen LogP contribution in [0.3, 0.4) is 0 Å². The summed E-state index contributed by atoms with van der Waals surface area (Å²) in [5.41, 5.74) is 17.0. The molecule has 1 N–H and O–H groups in total. The molecule has 0 saturated heterocycles. The Morgan fingerprint density at radius 2 is 1.35 bits per heavy atom. The van der Waals surface area contributed by atoms with Gasteiger partial charge in [0.15, 0.2) is 0 Å². The summed E-state index contributed by atoms with van der Waals surface area (Å²) in [6, 6.07) is 57.3. The van der Waals surface area contributed by atoms with Gasteiger partial charge < -0.3 is 14.8 Å². The van der Waals surface area contributed by atoms with Crippen LogP contribution in [0.1, 0.15) is 92.7 Å². The van der Waals surface area contributed by atoms with Crippen LogP contribution in [0.2, 0.25) is 0 Å². The first kappa shape index (κ1) is 38.2. The predicted molar refractivity (Wildman–Crippen MR) is 259 cm³/mol. The van der Waals surface area contributed by atoms with Gasteiger partial charge in [-0.2, -0.15) is 0 Å². The lowest BCUT2D eigenvalue weighted by molar-refractivity contribution is 0.0603. The number of amidine groups is 1. The van der Waals surface area contributed by atoms with Crippen LogP contribution in [-0.2, 0) is 11.1 Å². The van der Waals surface area contributed by atoms with Gasteiger partial charge in [-0.3, -0.25) is 4.90 Å². The van der Waals surface area contributed by atoms with Gasteiger partial charge in [-0.1, -0.05) is 147 Å². The molecule has 306 valence electrons. The quantitative estimate of drug-likeness (QED) is 0.182. The Kier molecular flexibility index (Phi) is 8.75. The Labute approximate surface area is 366 Å². The van der Waals surface area contributed by atoms with Crippen molar-refractivity contribution >= 4 is 45.3 Å². The van der Waals surface area contributed by atoms with Gasteiger partial charge in [0.1, 0.15) is 17.7 Å². The molecule has 0 fully saturated rings. The molecule has 0 spiro atoms. The molecule has 7 aromatic rings. The highest BCUT2D eigenvalue weighted by atomic mass is 15.4. The van der Waals surface area contributed by atoms with Crippen molar-refractivity contribution in [3.05, 3.63) is 215 Å². The zero-order valence-electron chi connectivity index (χ0n) is 36.5. The van der Waals surface area contributed by atoms with Crippen LogP contribution >= 0.6 is 0 Å². The molecular weight excluding hydrogens is 755 g/mol. The second-order valence-corrected chi connectivity index (χ2v) is 18.7. The van der Waals surface area contributed by atoms with Crippen LogP contribution in [0.4, 0.5) is 11.4 Å². The molecule has 5 nitrogen and oxygen atoms in total. The highest BCUT2D eigenvalue weighted by Gasteiger charge is 2.46. The third kappa shape index (κ3) is 5.89. The monoisotopic (exact) mass is 807 g/mol. The number of allylic oxidation sites excluding steroid dienone is 3. The van der Waals surface area contributed by atoms with Gasteiger partial charge >= 0.3 is 0 Å². The number of nitrogens with zero attached hydrogens (tertiary/aromatic N) is 4. The van der Waals surface area contributed by atoms with Gasteiger partial charge in [0.05, 0.1) is 11.1 Å². The minimum atomic E-state index is -0.482. The Morgan fingerprint density at radius 1 is 0.677 bits per heavy atom. The number of aliphatic imine (C=N–C) groups is 1. The Balaban J connectivity index is 1.000. The van der Waals surface area contributed by atoms with Gasteiger partial charge in [-0.15, -0.1) is 0 Å². The van der Waals surface area contributed by atoms with Gasteiger partial charge in [-0.05, 0) is 117 Å². The molecule has 2 aliphatic heterocycles. The molecule has 5 heteroatoms. The molecule has 62 heavy (non-hydrogen) atoms. The summed E-state index contributed by atoms with van der Waals surface area (Å²) in [4.78, 5) is 10.3. The van der Waals surface area contributed by atoms with E-state index in [1.165, 1.54) is 72.6 Å². The fourth-order valence-electron chi connectivity index (χ4n) is 11.1. The fourth-order valence-corrected chi connectivity index (χ4v) is 11.1. The molecule has 0 amide bonds. The van der Waals surface area contributed by atoms with E-state index < -0.39 is 5.66 Å². The van der Waals surface area contributed by atoms with Crippen molar-refractivity contribution in [2.45, 2.75) is 70.2 Å². The maximum absolute atomic E-state index is 5.38. The van der Waals surface area contributed by atoms with Gasteiger partial charge in [0.2, 0.25) is 0 Å². The SMILES string of the molecule is CC1=Cc2c(n(-c3ccc(C4N=C(c5ccccc5)NC(C)(c5ccccc5)N4C)cc3)c3ccc(C4=CCC5(C)C(=C4)c4ccccc4N5c4ccccc4)cc23)C(C)(C)C1. The van der Waals surface area contributed by atoms with E-state index in [9.17, 15) is 0 Å². The summed E-state index contributed by atoms with van der Waals surface area (Å²) in [5.74, 6) is 0.897. The number of hydrogen-bond donors (Lipinski definition) is 1. The van der Waals surface area contributed by atoms with E-state index >= 15 is 0 Å². The second-order valence-electron chi connectivity index (χ2n) is 18.7. The molecule has 11 rings (SSSR count). The van der Waals surface area contributed by atoms with Crippen LogP contribution < -0.4 is 10.2 Å². The lowest BCUT2D eigenvalue weighted by atomic mass is 9.76. The molecule has 3 heterocycles. The van der Waals surface area contributed by atoms with Crippen molar-refractivity contribution in [2.24, 2.45) is 4.99 Å². The van der Waals surface area contributed by atoms with Crippen molar-refractivity contribution in [1.82, 2.24) is 14.8 Å².